The molecular weight excluding hydrogens is 482 g/mol. The van der Waals surface area contributed by atoms with E-state index in [0.717, 1.165) is 5.03 Å². The second-order valence-corrected chi connectivity index (χ2v) is 11.3. The van der Waals surface area contributed by atoms with E-state index in [1.54, 1.807) is 35.4 Å². The molecule has 10 nitrogen and oxygen atoms in total. The van der Waals surface area contributed by atoms with E-state index in [1.807, 2.05) is 0 Å². The molecule has 2 unspecified atom stereocenters. The number of aliphatic carboxylic acids is 1. The molecule has 2 N–H and O–H groups in total. The molecule has 2 aliphatic rings. The fourth-order valence-corrected chi connectivity index (χ4v) is 7.46. The molecule has 0 spiro atoms. The number of rotatable bonds is 8. The van der Waals surface area contributed by atoms with Crippen LogP contribution in [-0.2, 0) is 32.2 Å². The van der Waals surface area contributed by atoms with E-state index < -0.39 is 40.0 Å². The van der Waals surface area contributed by atoms with E-state index in [0.29, 0.717) is 21.3 Å². The van der Waals surface area contributed by atoms with Gasteiger partial charge in [-0.3, -0.25) is 18.7 Å². The molecule has 1 fully saturated rings. The number of carbonyl (C=O) groups is 3. The van der Waals surface area contributed by atoms with Crippen molar-refractivity contribution in [3.05, 3.63) is 35.0 Å². The van der Waals surface area contributed by atoms with E-state index in [4.69, 9.17) is 0 Å². The summed E-state index contributed by atoms with van der Waals surface area (Å²) in [6, 6.07) is 2.61. The van der Waals surface area contributed by atoms with Crippen LogP contribution in [0.15, 0.2) is 44.2 Å². The molecule has 2 aromatic heterocycles. The number of amides is 2. The highest BCUT2D eigenvalue weighted by atomic mass is 32.2. The van der Waals surface area contributed by atoms with Gasteiger partial charge < -0.3 is 10.4 Å². The Hall–Kier alpha value is -2.16. The molecule has 4 rings (SSSR count). The van der Waals surface area contributed by atoms with E-state index in [9.17, 15) is 23.7 Å². The van der Waals surface area contributed by atoms with Crippen LogP contribution in [0.25, 0.3) is 0 Å². The summed E-state index contributed by atoms with van der Waals surface area (Å²) in [6.07, 6.45) is 1.59. The third-order valence-corrected chi connectivity index (χ3v) is 9.73. The number of fused-ring (bicyclic) bond motifs is 1. The van der Waals surface area contributed by atoms with Crippen molar-refractivity contribution in [1.82, 2.24) is 25.2 Å². The number of hydrogen-bond donors (Lipinski definition) is 2. The molecule has 2 aliphatic heterocycles. The summed E-state index contributed by atoms with van der Waals surface area (Å²) in [7, 11) is 0.260. The minimum Gasteiger partial charge on any atom is -0.477 e. The molecule has 2 amide bonds. The third-order valence-electron chi connectivity index (χ3n) is 4.62. The van der Waals surface area contributed by atoms with Crippen LogP contribution in [-0.4, -0.2) is 75.7 Å². The normalized spacial score (nSPS) is 21.5. The zero-order valence-electron chi connectivity index (χ0n) is 16.1. The lowest BCUT2D eigenvalue weighted by Gasteiger charge is -2.49. The van der Waals surface area contributed by atoms with Gasteiger partial charge in [0.1, 0.15) is 27.9 Å². The topological polar surface area (TPSA) is 134 Å². The molecule has 14 heteroatoms. The highest BCUT2D eigenvalue weighted by molar-refractivity contribution is 8.01. The van der Waals surface area contributed by atoms with Gasteiger partial charge in [0.25, 0.3) is 5.91 Å². The van der Waals surface area contributed by atoms with E-state index >= 15 is 0 Å². The van der Waals surface area contributed by atoms with Gasteiger partial charge in [0.15, 0.2) is 0 Å². The van der Waals surface area contributed by atoms with Gasteiger partial charge in [0.05, 0.1) is 21.2 Å². The fourth-order valence-electron chi connectivity index (χ4n) is 3.16. The predicted molar refractivity (Wildman–Crippen MR) is 117 cm³/mol. The standard InChI is InChI=1S/C17H17N5O5S4/c1-21-11(5-18-20-21)29-6-9-7-30-16-13(15(24)22(16)14(9)17(25)26)19-10(23)8-31(27)12-3-2-4-28-12/h2-5,13,16H,6-8H2,1H3,(H,19,23)(H,25,26)/t13?,16-,31?/m1/s1. The molecule has 164 valence electrons. The molecular formula is C17H17N5O5S4. The highest BCUT2D eigenvalue weighted by Crippen LogP contribution is 2.41. The van der Waals surface area contributed by atoms with Crippen LogP contribution in [0.4, 0.5) is 0 Å². The number of nitrogens with zero attached hydrogens (tertiary/aromatic N) is 4. The van der Waals surface area contributed by atoms with Crippen LogP contribution >= 0.6 is 34.9 Å². The number of thiophene rings is 1. The zero-order valence-corrected chi connectivity index (χ0v) is 19.4. The number of hydrogen-bond acceptors (Lipinski definition) is 9. The maximum absolute atomic E-state index is 12.7. The molecule has 4 heterocycles. The van der Waals surface area contributed by atoms with Gasteiger partial charge >= 0.3 is 5.97 Å². The molecule has 3 atom stereocenters. The van der Waals surface area contributed by atoms with Crippen LogP contribution in [0.2, 0.25) is 0 Å². The first-order chi connectivity index (χ1) is 14.9. The summed E-state index contributed by atoms with van der Waals surface area (Å²) >= 11 is 4.08. The minimum atomic E-state index is -1.48. The second kappa shape index (κ2) is 9.14. The van der Waals surface area contributed by atoms with Crippen LogP contribution in [0.1, 0.15) is 0 Å². The zero-order chi connectivity index (χ0) is 22.1. The fraction of sp³-hybridized carbons (Fsp3) is 0.353. The van der Waals surface area contributed by atoms with Gasteiger partial charge in [-0.15, -0.1) is 40.0 Å². The number of aromatic nitrogens is 3. The van der Waals surface area contributed by atoms with Gasteiger partial charge in [-0.2, -0.15) is 0 Å². The summed E-state index contributed by atoms with van der Waals surface area (Å²) in [5, 5.41) is 22.0. The Labute approximate surface area is 191 Å². The second-order valence-electron chi connectivity index (χ2n) is 6.62. The van der Waals surface area contributed by atoms with Crippen molar-refractivity contribution >= 4 is 63.4 Å². The minimum absolute atomic E-state index is 0.0379. The molecule has 0 bridgehead atoms. The maximum atomic E-state index is 12.7. The van der Waals surface area contributed by atoms with Crippen LogP contribution in [0.3, 0.4) is 0 Å². The first kappa shape index (κ1) is 22.0. The van der Waals surface area contributed by atoms with Gasteiger partial charge in [0.2, 0.25) is 5.91 Å². The van der Waals surface area contributed by atoms with Crippen molar-refractivity contribution in [2.45, 2.75) is 20.7 Å². The molecule has 0 aliphatic carbocycles. The number of carboxylic acid groups (broad SMARTS) is 1. The van der Waals surface area contributed by atoms with Gasteiger partial charge in [-0.05, 0) is 17.0 Å². The Morgan fingerprint density at radius 1 is 1.45 bits per heavy atom. The summed E-state index contributed by atoms with van der Waals surface area (Å²) in [4.78, 5) is 38.1. The Kier molecular flexibility index (Phi) is 6.50. The summed E-state index contributed by atoms with van der Waals surface area (Å²) in [5.41, 5.74) is 0.584. The number of thioether (sulfide) groups is 2. The molecule has 2 aromatic rings. The largest absolute Gasteiger partial charge is 0.477 e. The lowest BCUT2D eigenvalue weighted by Crippen LogP contribution is -2.70. The van der Waals surface area contributed by atoms with Gasteiger partial charge in [-0.1, -0.05) is 11.3 Å². The lowest BCUT2D eigenvalue weighted by molar-refractivity contribution is -0.150. The highest BCUT2D eigenvalue weighted by Gasteiger charge is 2.54. The van der Waals surface area contributed by atoms with Crippen molar-refractivity contribution in [3.8, 4) is 0 Å². The average molecular weight is 500 g/mol. The maximum Gasteiger partial charge on any atom is 0.352 e. The van der Waals surface area contributed by atoms with Crippen molar-refractivity contribution in [1.29, 1.82) is 0 Å². The predicted octanol–water partition coefficient (Wildman–Crippen LogP) is 0.515. The van der Waals surface area contributed by atoms with Gasteiger partial charge in [-0.25, -0.2) is 9.48 Å². The number of aryl methyl sites for hydroxylation is 1. The summed E-state index contributed by atoms with van der Waals surface area (Å²) < 4.78 is 14.4. The van der Waals surface area contributed by atoms with Crippen LogP contribution in [0.5, 0.6) is 0 Å². The molecule has 0 radical (unpaired) electrons. The third kappa shape index (κ3) is 4.42. The van der Waals surface area contributed by atoms with E-state index in [-0.39, 0.29) is 11.4 Å². The Bertz CT molecular complexity index is 1080. The molecule has 31 heavy (non-hydrogen) atoms. The van der Waals surface area contributed by atoms with Crippen LogP contribution in [0, 0.1) is 0 Å². The quantitative estimate of drug-likeness (QED) is 0.394. The first-order valence-electron chi connectivity index (χ1n) is 8.95. The Balaban J connectivity index is 1.42. The number of β-lactam (4-membered cyclic amide) rings is 1. The lowest BCUT2D eigenvalue weighted by atomic mass is 10.0. The Morgan fingerprint density at radius 3 is 2.90 bits per heavy atom. The summed E-state index contributed by atoms with van der Waals surface area (Å²) in [6.45, 7) is 0. The number of carbonyl (C=O) groups excluding carboxylic acids is 2. The molecule has 0 aromatic carbocycles. The van der Waals surface area contributed by atoms with Crippen molar-refractivity contribution < 1.29 is 23.7 Å². The molecule has 1 saturated heterocycles. The average Bonchev–Trinajstić information content (AvgIpc) is 3.41. The number of carboxylic acids is 1. The monoisotopic (exact) mass is 499 g/mol. The first-order valence-corrected chi connectivity index (χ1v) is 13.2. The van der Waals surface area contributed by atoms with Crippen LogP contribution < -0.4 is 5.32 Å². The SMILES string of the molecule is Cn1nncc1SCC1=C(C(=O)O)N2C(=O)C(NC(=O)CS(=O)c3cccs3)[C@H]2SC1. The van der Waals surface area contributed by atoms with Crippen molar-refractivity contribution in [2.75, 3.05) is 17.3 Å². The van der Waals surface area contributed by atoms with E-state index in [1.165, 1.54) is 39.8 Å². The van der Waals surface area contributed by atoms with Crippen molar-refractivity contribution in [2.24, 2.45) is 7.05 Å². The van der Waals surface area contributed by atoms with Crippen molar-refractivity contribution in [3.63, 3.8) is 0 Å². The van der Waals surface area contributed by atoms with Gasteiger partial charge in [0, 0.05) is 18.6 Å². The van der Waals surface area contributed by atoms with E-state index in [2.05, 4.69) is 15.6 Å². The smallest absolute Gasteiger partial charge is 0.352 e. The Morgan fingerprint density at radius 2 is 2.26 bits per heavy atom. The summed E-state index contributed by atoms with van der Waals surface area (Å²) in [5.74, 6) is -1.61. The molecule has 0 saturated carbocycles. The number of nitrogens with one attached hydrogen (secondary N) is 1.